The van der Waals surface area contributed by atoms with Crippen molar-refractivity contribution in [3.8, 4) is 0 Å². The van der Waals surface area contributed by atoms with Crippen LogP contribution < -0.4 is 4.90 Å². The van der Waals surface area contributed by atoms with Crippen molar-refractivity contribution < 1.29 is 9.53 Å². The zero-order chi connectivity index (χ0) is 14.8. The molecule has 2 aliphatic rings. The summed E-state index contributed by atoms with van der Waals surface area (Å²) in [6.07, 6.45) is 1.72. The van der Waals surface area contributed by atoms with Gasteiger partial charge in [0.2, 0.25) is 0 Å². The summed E-state index contributed by atoms with van der Waals surface area (Å²) in [6, 6.07) is 6.58. The average Bonchev–Trinajstić information content (AvgIpc) is 3.01. The lowest BCUT2D eigenvalue weighted by Gasteiger charge is -2.37. The van der Waals surface area contributed by atoms with E-state index in [0.717, 1.165) is 45.6 Å². The highest BCUT2D eigenvalue weighted by molar-refractivity contribution is 5.81. The fourth-order valence-corrected chi connectivity index (χ4v) is 3.30. The Hall–Kier alpha value is -1.55. The highest BCUT2D eigenvalue weighted by atomic mass is 16.5. The molecule has 0 radical (unpaired) electrons. The average molecular weight is 288 g/mol. The molecule has 3 rings (SSSR count). The van der Waals surface area contributed by atoms with Gasteiger partial charge in [-0.25, -0.2) is 0 Å². The lowest BCUT2D eigenvalue weighted by Crippen LogP contribution is -2.51. The highest BCUT2D eigenvalue weighted by Crippen LogP contribution is 2.23. The van der Waals surface area contributed by atoms with Gasteiger partial charge in [0.25, 0.3) is 5.91 Å². The quantitative estimate of drug-likeness (QED) is 0.836. The number of piperazine rings is 1. The molecule has 2 fully saturated rings. The summed E-state index contributed by atoms with van der Waals surface area (Å²) < 4.78 is 5.51. The summed E-state index contributed by atoms with van der Waals surface area (Å²) in [5.74, 6) is 0.188. The third kappa shape index (κ3) is 3.05. The van der Waals surface area contributed by atoms with E-state index in [1.165, 1.54) is 16.8 Å². The molecule has 0 bridgehead atoms. The van der Waals surface area contributed by atoms with Crippen molar-refractivity contribution in [2.24, 2.45) is 0 Å². The van der Waals surface area contributed by atoms with Gasteiger partial charge in [-0.3, -0.25) is 4.79 Å². The van der Waals surface area contributed by atoms with Gasteiger partial charge in [-0.05, 0) is 38.3 Å². The van der Waals surface area contributed by atoms with E-state index in [-0.39, 0.29) is 12.0 Å². The molecule has 21 heavy (non-hydrogen) atoms. The zero-order valence-electron chi connectivity index (χ0n) is 13.0. The number of ether oxygens (including phenoxy) is 1. The minimum atomic E-state index is -0.183. The normalized spacial score (nSPS) is 22.7. The van der Waals surface area contributed by atoms with E-state index >= 15 is 0 Å². The molecule has 0 N–H and O–H groups in total. The molecule has 1 unspecified atom stereocenters. The maximum Gasteiger partial charge on any atom is 0.251 e. The van der Waals surface area contributed by atoms with E-state index in [1.807, 2.05) is 4.90 Å². The number of rotatable bonds is 2. The maximum absolute atomic E-state index is 12.3. The summed E-state index contributed by atoms with van der Waals surface area (Å²) >= 11 is 0. The SMILES string of the molecule is Cc1ccc(N2CCN(C(=O)C3CCCO3)CC2)c(C)c1. The summed E-state index contributed by atoms with van der Waals surface area (Å²) in [4.78, 5) is 16.7. The molecule has 2 heterocycles. The molecule has 4 nitrogen and oxygen atoms in total. The summed E-state index contributed by atoms with van der Waals surface area (Å²) in [6.45, 7) is 8.42. The molecule has 1 aromatic carbocycles. The molecule has 0 spiro atoms. The number of benzene rings is 1. The molecular weight excluding hydrogens is 264 g/mol. The lowest BCUT2D eigenvalue weighted by atomic mass is 10.1. The molecule has 2 saturated heterocycles. The minimum Gasteiger partial charge on any atom is -0.368 e. The first kappa shape index (κ1) is 14.4. The molecule has 1 aromatic rings. The van der Waals surface area contributed by atoms with Crippen LogP contribution in [-0.2, 0) is 9.53 Å². The third-order valence-electron chi connectivity index (χ3n) is 4.49. The first-order valence-electron chi connectivity index (χ1n) is 7.88. The van der Waals surface area contributed by atoms with Gasteiger partial charge in [-0.15, -0.1) is 0 Å². The van der Waals surface area contributed by atoms with Crippen LogP contribution in [-0.4, -0.2) is 49.7 Å². The largest absolute Gasteiger partial charge is 0.368 e. The van der Waals surface area contributed by atoms with Gasteiger partial charge in [0.15, 0.2) is 0 Å². The van der Waals surface area contributed by atoms with Gasteiger partial charge in [0.05, 0.1) is 0 Å². The van der Waals surface area contributed by atoms with Gasteiger partial charge in [-0.1, -0.05) is 17.7 Å². The van der Waals surface area contributed by atoms with Crippen molar-refractivity contribution in [1.82, 2.24) is 4.90 Å². The molecule has 0 aromatic heterocycles. The number of hydrogen-bond donors (Lipinski definition) is 0. The monoisotopic (exact) mass is 288 g/mol. The molecule has 0 aliphatic carbocycles. The predicted molar refractivity (Wildman–Crippen MR) is 83.7 cm³/mol. The Balaban J connectivity index is 1.60. The van der Waals surface area contributed by atoms with Gasteiger partial charge in [0.1, 0.15) is 6.10 Å². The minimum absolute atomic E-state index is 0.183. The van der Waals surface area contributed by atoms with Crippen LogP contribution in [0.2, 0.25) is 0 Å². The smallest absolute Gasteiger partial charge is 0.251 e. The van der Waals surface area contributed by atoms with Crippen molar-refractivity contribution in [3.63, 3.8) is 0 Å². The maximum atomic E-state index is 12.3. The van der Waals surface area contributed by atoms with Crippen LogP contribution in [0, 0.1) is 13.8 Å². The van der Waals surface area contributed by atoms with Gasteiger partial charge >= 0.3 is 0 Å². The van der Waals surface area contributed by atoms with Crippen molar-refractivity contribution in [1.29, 1.82) is 0 Å². The Labute approximate surface area is 126 Å². The molecule has 1 atom stereocenters. The number of carbonyl (C=O) groups is 1. The molecule has 4 heteroatoms. The van der Waals surface area contributed by atoms with Crippen LogP contribution in [0.3, 0.4) is 0 Å². The van der Waals surface area contributed by atoms with Gasteiger partial charge in [0, 0.05) is 38.5 Å². The highest BCUT2D eigenvalue weighted by Gasteiger charge is 2.30. The number of aryl methyl sites for hydroxylation is 2. The summed E-state index contributed by atoms with van der Waals surface area (Å²) in [7, 11) is 0. The summed E-state index contributed by atoms with van der Waals surface area (Å²) in [5.41, 5.74) is 3.90. The Morgan fingerprint density at radius 3 is 2.57 bits per heavy atom. The number of hydrogen-bond acceptors (Lipinski definition) is 3. The number of anilines is 1. The van der Waals surface area contributed by atoms with E-state index in [2.05, 4.69) is 36.9 Å². The van der Waals surface area contributed by atoms with Crippen molar-refractivity contribution >= 4 is 11.6 Å². The first-order chi connectivity index (χ1) is 10.1. The molecule has 114 valence electrons. The van der Waals surface area contributed by atoms with Crippen LogP contribution in [0.25, 0.3) is 0 Å². The second-order valence-corrected chi connectivity index (χ2v) is 6.10. The van der Waals surface area contributed by atoms with E-state index in [4.69, 9.17) is 4.74 Å². The van der Waals surface area contributed by atoms with Crippen molar-refractivity contribution in [2.75, 3.05) is 37.7 Å². The molecule has 2 aliphatic heterocycles. The number of nitrogens with zero attached hydrogens (tertiary/aromatic N) is 2. The van der Waals surface area contributed by atoms with E-state index in [0.29, 0.717) is 0 Å². The Bertz CT molecular complexity index is 516. The first-order valence-corrected chi connectivity index (χ1v) is 7.88. The number of amides is 1. The van der Waals surface area contributed by atoms with Crippen molar-refractivity contribution in [3.05, 3.63) is 29.3 Å². The van der Waals surface area contributed by atoms with Gasteiger partial charge < -0.3 is 14.5 Å². The van der Waals surface area contributed by atoms with Crippen molar-refractivity contribution in [2.45, 2.75) is 32.8 Å². The second kappa shape index (κ2) is 6.06. The standard InChI is InChI=1S/C17H24N2O2/c1-13-5-6-15(14(2)12-13)18-7-9-19(10-8-18)17(20)16-4-3-11-21-16/h5-6,12,16H,3-4,7-11H2,1-2H3. The predicted octanol–water partition coefficient (Wildman–Crippen LogP) is 2.13. The van der Waals surface area contributed by atoms with Crippen LogP contribution >= 0.6 is 0 Å². The van der Waals surface area contributed by atoms with Crippen LogP contribution in [0.1, 0.15) is 24.0 Å². The Morgan fingerprint density at radius 1 is 1.19 bits per heavy atom. The molecule has 1 amide bonds. The fraction of sp³-hybridized carbons (Fsp3) is 0.588. The molecular formula is C17H24N2O2. The Kier molecular flexibility index (Phi) is 4.15. The van der Waals surface area contributed by atoms with Crippen LogP contribution in [0.5, 0.6) is 0 Å². The van der Waals surface area contributed by atoms with Crippen LogP contribution in [0.4, 0.5) is 5.69 Å². The number of carbonyl (C=O) groups excluding carboxylic acids is 1. The lowest BCUT2D eigenvalue weighted by molar-refractivity contribution is -0.141. The second-order valence-electron chi connectivity index (χ2n) is 6.10. The topological polar surface area (TPSA) is 32.8 Å². The summed E-state index contributed by atoms with van der Waals surface area (Å²) in [5, 5.41) is 0. The van der Waals surface area contributed by atoms with Gasteiger partial charge in [-0.2, -0.15) is 0 Å². The third-order valence-corrected chi connectivity index (χ3v) is 4.49. The fourth-order valence-electron chi connectivity index (χ4n) is 3.30. The zero-order valence-corrected chi connectivity index (χ0v) is 13.0. The van der Waals surface area contributed by atoms with Crippen LogP contribution in [0.15, 0.2) is 18.2 Å². The molecule has 0 saturated carbocycles. The van der Waals surface area contributed by atoms with E-state index in [1.54, 1.807) is 0 Å². The Morgan fingerprint density at radius 2 is 1.95 bits per heavy atom. The van der Waals surface area contributed by atoms with E-state index in [9.17, 15) is 4.79 Å². The van der Waals surface area contributed by atoms with E-state index < -0.39 is 0 Å².